The van der Waals surface area contributed by atoms with Crippen molar-refractivity contribution in [3.05, 3.63) is 108 Å². The van der Waals surface area contributed by atoms with Gasteiger partial charge in [0.25, 0.3) is 0 Å². The summed E-state index contributed by atoms with van der Waals surface area (Å²) in [5.74, 6) is 1.02. The molecular formula is C41H46BrClN4O6S. The van der Waals surface area contributed by atoms with E-state index in [1.54, 1.807) is 12.1 Å². The van der Waals surface area contributed by atoms with Gasteiger partial charge in [0, 0.05) is 47.1 Å². The number of nitrogens with one attached hydrogen (secondary N) is 1. The molecule has 0 bridgehead atoms. The van der Waals surface area contributed by atoms with Gasteiger partial charge < -0.3 is 24.1 Å². The quantitative estimate of drug-likeness (QED) is 0.0555. The van der Waals surface area contributed by atoms with Gasteiger partial charge in [0.1, 0.15) is 29.5 Å². The summed E-state index contributed by atoms with van der Waals surface area (Å²) in [7, 11) is 0.496. The van der Waals surface area contributed by atoms with E-state index in [4.69, 9.17) is 19.3 Å². The molecule has 2 aromatic heterocycles. The maximum absolute atomic E-state index is 13.9. The lowest BCUT2D eigenvalue weighted by molar-refractivity contribution is 0.0512. The zero-order valence-corrected chi connectivity index (χ0v) is 34.2. The van der Waals surface area contributed by atoms with Crippen molar-refractivity contribution in [2.24, 2.45) is 7.05 Å². The molecule has 4 aromatic carbocycles. The summed E-state index contributed by atoms with van der Waals surface area (Å²) in [4.78, 5) is 14.1. The van der Waals surface area contributed by atoms with Gasteiger partial charge in [-0.1, -0.05) is 70.5 Å². The van der Waals surface area contributed by atoms with Crippen LogP contribution in [-0.2, 0) is 46.5 Å². The minimum Gasteiger partial charge on any atom is -0.493 e. The molecule has 0 aliphatic carbocycles. The third-order valence-corrected chi connectivity index (χ3v) is 11.0. The van der Waals surface area contributed by atoms with Gasteiger partial charge in [-0.2, -0.15) is 5.10 Å². The van der Waals surface area contributed by atoms with Crippen molar-refractivity contribution in [3.8, 4) is 22.6 Å². The predicted octanol–water partition coefficient (Wildman–Crippen LogP) is 8.29. The minimum absolute atomic E-state index is 0. The maximum atomic E-state index is 13.9. The molecule has 0 radical (unpaired) electrons. The summed E-state index contributed by atoms with van der Waals surface area (Å²) in [6.45, 7) is 4.08. The number of hydrogen-bond acceptors (Lipinski definition) is 8. The highest BCUT2D eigenvalue weighted by Crippen LogP contribution is 2.39. The van der Waals surface area contributed by atoms with Crippen LogP contribution in [0.1, 0.15) is 47.2 Å². The normalized spacial score (nSPS) is 11.5. The number of benzene rings is 4. The van der Waals surface area contributed by atoms with E-state index in [9.17, 15) is 13.2 Å². The average Bonchev–Trinajstić information content (AvgIpc) is 3.65. The Kier molecular flexibility index (Phi) is 13.8. The van der Waals surface area contributed by atoms with Crippen molar-refractivity contribution < 1.29 is 27.4 Å². The topological polar surface area (TPSA) is 114 Å². The highest BCUT2D eigenvalue weighted by Gasteiger charge is 2.28. The molecule has 0 aliphatic rings. The van der Waals surface area contributed by atoms with Crippen LogP contribution in [0.5, 0.6) is 11.5 Å². The maximum Gasteiger partial charge on any atom is 0.355 e. The van der Waals surface area contributed by atoms with Gasteiger partial charge in [-0.15, -0.1) is 12.4 Å². The third kappa shape index (κ3) is 8.78. The first kappa shape index (κ1) is 40.8. The van der Waals surface area contributed by atoms with Crippen molar-refractivity contribution in [3.63, 3.8) is 0 Å². The largest absolute Gasteiger partial charge is 0.493 e. The smallest absolute Gasteiger partial charge is 0.355 e. The van der Waals surface area contributed by atoms with Crippen LogP contribution < -0.4 is 14.8 Å². The number of carbonyl (C=O) groups excluding carboxylic acids is 1. The standard InChI is InChI=1S/C41H45BrN4O6S.ClH/c1-5-50-41(47)40-33(17-10-25-51-37-18-8-13-28-12-6-7-14-31(28)37)32-15-9-16-34(39(32)46(40)24-11-23-43-2)38-35(44-45(3)36(38)26-42)27-52-29-19-21-30(22-20-29)53(4,48)49;/h6-9,12-16,18-22,43H,5,10-11,17,23-27H2,1-4H3;1H. The molecule has 0 unspecified atom stereocenters. The van der Waals surface area contributed by atoms with Crippen LogP contribution in [0.2, 0.25) is 0 Å². The van der Waals surface area contributed by atoms with Crippen LogP contribution in [0, 0.1) is 0 Å². The number of rotatable bonds is 17. The summed E-state index contributed by atoms with van der Waals surface area (Å²) < 4.78 is 46.2. The molecule has 286 valence electrons. The minimum atomic E-state index is -3.33. The Balaban J connectivity index is 0.00000561. The fourth-order valence-electron chi connectivity index (χ4n) is 6.88. The monoisotopic (exact) mass is 836 g/mol. The van der Waals surface area contributed by atoms with Crippen LogP contribution >= 0.6 is 28.3 Å². The summed E-state index contributed by atoms with van der Waals surface area (Å²) in [5, 5.41) is 11.8. The molecule has 2 heterocycles. The highest BCUT2D eigenvalue weighted by molar-refractivity contribution is 9.08. The number of aromatic nitrogens is 3. The van der Waals surface area contributed by atoms with Gasteiger partial charge in [-0.05, 0) is 81.1 Å². The molecular weight excluding hydrogens is 792 g/mol. The second kappa shape index (κ2) is 18.3. The fraction of sp³-hybridized carbons (Fsp3) is 0.317. The first-order valence-electron chi connectivity index (χ1n) is 17.8. The second-order valence-corrected chi connectivity index (χ2v) is 15.4. The molecule has 0 atom stereocenters. The number of esters is 1. The number of halogens is 2. The molecule has 0 spiro atoms. The predicted molar refractivity (Wildman–Crippen MR) is 220 cm³/mol. The molecule has 0 fully saturated rings. The fourth-order valence-corrected chi connectivity index (χ4v) is 8.15. The third-order valence-electron chi connectivity index (χ3n) is 9.30. The van der Waals surface area contributed by atoms with Crippen molar-refractivity contribution in [2.45, 2.75) is 49.6 Å². The SMILES string of the molecule is CCOC(=O)c1c(CCCOc2cccc3ccccc23)c2cccc(-c3c(COc4ccc(S(C)(=O)=O)cc4)nn(C)c3CBr)c2n1CCCNC.Cl. The number of sulfone groups is 1. The lowest BCUT2D eigenvalue weighted by Gasteiger charge is -2.15. The number of hydrogen-bond donors (Lipinski definition) is 1. The molecule has 1 N–H and O–H groups in total. The lowest BCUT2D eigenvalue weighted by atomic mass is 9.98. The van der Waals surface area contributed by atoms with Gasteiger partial charge >= 0.3 is 5.97 Å². The van der Waals surface area contributed by atoms with Crippen molar-refractivity contribution >= 4 is 65.8 Å². The van der Waals surface area contributed by atoms with E-state index in [-0.39, 0.29) is 36.5 Å². The van der Waals surface area contributed by atoms with E-state index in [1.165, 1.54) is 18.4 Å². The number of nitrogens with zero attached hydrogens (tertiary/aromatic N) is 3. The lowest BCUT2D eigenvalue weighted by Crippen LogP contribution is -2.17. The number of carbonyl (C=O) groups is 1. The Labute approximate surface area is 331 Å². The van der Waals surface area contributed by atoms with E-state index in [0.29, 0.717) is 48.5 Å². The molecule has 0 saturated carbocycles. The van der Waals surface area contributed by atoms with Gasteiger partial charge in [-0.25, -0.2) is 13.2 Å². The summed E-state index contributed by atoms with van der Waals surface area (Å²) >= 11 is 3.70. The summed E-state index contributed by atoms with van der Waals surface area (Å²) in [6, 6.07) is 26.8. The van der Waals surface area contributed by atoms with E-state index < -0.39 is 9.84 Å². The van der Waals surface area contributed by atoms with Gasteiger partial charge in [-0.3, -0.25) is 4.68 Å². The Hall–Kier alpha value is -4.36. The van der Waals surface area contributed by atoms with E-state index >= 15 is 0 Å². The number of ether oxygens (including phenoxy) is 3. The first-order chi connectivity index (χ1) is 25.7. The van der Waals surface area contributed by atoms with E-state index in [0.717, 1.165) is 62.8 Å². The van der Waals surface area contributed by atoms with E-state index in [1.807, 2.05) is 56.0 Å². The molecule has 10 nitrogen and oxygen atoms in total. The molecule has 6 rings (SSSR count). The summed E-state index contributed by atoms with van der Waals surface area (Å²) in [5.41, 5.74) is 5.94. The van der Waals surface area contributed by atoms with Crippen LogP contribution in [0.15, 0.2) is 89.8 Å². The zero-order chi connectivity index (χ0) is 37.5. The van der Waals surface area contributed by atoms with Gasteiger partial charge in [0.2, 0.25) is 0 Å². The molecule has 0 amide bonds. The van der Waals surface area contributed by atoms with Crippen LogP contribution in [0.3, 0.4) is 0 Å². The number of alkyl halides is 1. The van der Waals surface area contributed by atoms with E-state index in [2.05, 4.69) is 56.1 Å². The molecule has 0 aliphatic heterocycles. The highest BCUT2D eigenvalue weighted by atomic mass is 79.9. The molecule has 54 heavy (non-hydrogen) atoms. The number of fused-ring (bicyclic) bond motifs is 2. The molecule has 0 saturated heterocycles. The Morgan fingerprint density at radius 2 is 1.65 bits per heavy atom. The van der Waals surface area contributed by atoms with Crippen molar-refractivity contribution in [1.82, 2.24) is 19.7 Å². The average molecular weight is 838 g/mol. The van der Waals surface area contributed by atoms with Crippen LogP contribution in [0.4, 0.5) is 0 Å². The van der Waals surface area contributed by atoms with Gasteiger partial charge in [0.15, 0.2) is 9.84 Å². The molecule has 6 aromatic rings. The first-order valence-corrected chi connectivity index (χ1v) is 20.8. The Morgan fingerprint density at radius 1 is 0.926 bits per heavy atom. The summed E-state index contributed by atoms with van der Waals surface area (Å²) in [6.07, 6.45) is 3.27. The van der Waals surface area contributed by atoms with Crippen LogP contribution in [-0.4, -0.2) is 61.8 Å². The van der Waals surface area contributed by atoms with Crippen molar-refractivity contribution in [2.75, 3.05) is 33.1 Å². The molecule has 13 heteroatoms. The van der Waals surface area contributed by atoms with Gasteiger partial charge in [0.05, 0.1) is 29.3 Å². The Morgan fingerprint density at radius 3 is 2.37 bits per heavy atom. The van der Waals surface area contributed by atoms with Crippen molar-refractivity contribution in [1.29, 1.82) is 0 Å². The second-order valence-electron chi connectivity index (χ2n) is 12.8. The number of para-hydroxylation sites is 1. The zero-order valence-electron chi connectivity index (χ0n) is 30.9. The number of aryl methyl sites for hydroxylation is 3. The van der Waals surface area contributed by atoms with Crippen LogP contribution in [0.25, 0.3) is 32.8 Å². The Bertz CT molecular complexity index is 2330.